The second-order valence-corrected chi connectivity index (χ2v) is 4.90. The van der Waals surface area contributed by atoms with Crippen molar-refractivity contribution in [3.05, 3.63) is 30.1 Å². The Hall–Kier alpha value is -1.42. The van der Waals surface area contributed by atoms with Crippen LogP contribution < -0.4 is 10.2 Å². The third-order valence-electron chi connectivity index (χ3n) is 3.58. The van der Waals surface area contributed by atoms with Crippen molar-refractivity contribution in [3.63, 3.8) is 0 Å². The fourth-order valence-electron chi connectivity index (χ4n) is 2.43. The molecule has 18 heavy (non-hydrogen) atoms. The van der Waals surface area contributed by atoms with Crippen LogP contribution in [0.1, 0.15) is 19.8 Å². The predicted octanol–water partition coefficient (Wildman–Crippen LogP) is 2.18. The minimum atomic E-state index is -0.364. The Balaban J connectivity index is 2.16. The molecule has 1 heterocycles. The Morgan fingerprint density at radius 1 is 1.44 bits per heavy atom. The van der Waals surface area contributed by atoms with Crippen LogP contribution in [0.15, 0.2) is 24.3 Å². The maximum Gasteiger partial charge on any atom is 0.244 e. The molecule has 0 spiro atoms. The molecule has 1 amide bonds. The summed E-state index contributed by atoms with van der Waals surface area (Å²) in [7, 11) is 1.63. The lowest BCUT2D eigenvalue weighted by Gasteiger charge is -2.32. The van der Waals surface area contributed by atoms with E-state index in [9.17, 15) is 9.18 Å². The van der Waals surface area contributed by atoms with Gasteiger partial charge in [-0.05, 0) is 37.4 Å². The van der Waals surface area contributed by atoms with Crippen LogP contribution in [-0.2, 0) is 4.79 Å². The van der Waals surface area contributed by atoms with Crippen LogP contribution in [0.2, 0.25) is 0 Å². The highest BCUT2D eigenvalue weighted by Crippen LogP contribution is 2.22. The number of para-hydroxylation sites is 1. The Morgan fingerprint density at radius 3 is 2.83 bits per heavy atom. The first-order valence-corrected chi connectivity index (χ1v) is 6.36. The number of nitrogens with zero attached hydrogens (tertiary/aromatic N) is 1. The largest absolute Gasteiger partial charge is 0.311 e. The zero-order chi connectivity index (χ0) is 13.1. The van der Waals surface area contributed by atoms with Gasteiger partial charge in [0.1, 0.15) is 5.82 Å². The number of anilines is 1. The minimum absolute atomic E-state index is 0.0627. The van der Waals surface area contributed by atoms with Gasteiger partial charge in [0.05, 0.1) is 11.7 Å². The number of benzene rings is 1. The quantitative estimate of drug-likeness (QED) is 0.872. The first kappa shape index (κ1) is 13.0. The molecule has 1 aliphatic rings. The summed E-state index contributed by atoms with van der Waals surface area (Å²) in [5.74, 6) is -0.135. The molecule has 1 aromatic rings. The molecule has 0 radical (unpaired) electrons. The molecule has 0 aliphatic carbocycles. The number of likely N-dealkylation sites (N-methyl/N-ethyl adjacent to an activating group) is 1. The number of piperidine rings is 1. The van der Waals surface area contributed by atoms with Crippen LogP contribution in [0.4, 0.5) is 10.1 Å². The van der Waals surface area contributed by atoms with E-state index in [1.807, 2.05) is 0 Å². The summed E-state index contributed by atoms with van der Waals surface area (Å²) in [5, 5.41) is 3.23. The number of hydrogen-bond acceptors (Lipinski definition) is 2. The van der Waals surface area contributed by atoms with Crippen molar-refractivity contribution in [2.45, 2.75) is 25.8 Å². The van der Waals surface area contributed by atoms with Crippen LogP contribution in [-0.4, -0.2) is 25.5 Å². The zero-order valence-electron chi connectivity index (χ0n) is 10.8. The minimum Gasteiger partial charge on any atom is -0.311 e. The van der Waals surface area contributed by atoms with Crippen LogP contribution in [0.5, 0.6) is 0 Å². The molecule has 0 aromatic heterocycles. The van der Waals surface area contributed by atoms with Gasteiger partial charge in [-0.15, -0.1) is 0 Å². The van der Waals surface area contributed by atoms with Gasteiger partial charge in [-0.1, -0.05) is 19.1 Å². The Labute approximate surface area is 107 Å². The molecule has 2 rings (SSSR count). The van der Waals surface area contributed by atoms with Crippen molar-refractivity contribution in [2.75, 3.05) is 18.5 Å². The topological polar surface area (TPSA) is 32.3 Å². The van der Waals surface area contributed by atoms with E-state index >= 15 is 0 Å². The van der Waals surface area contributed by atoms with Crippen LogP contribution in [0, 0.1) is 11.7 Å². The van der Waals surface area contributed by atoms with Gasteiger partial charge in [-0.2, -0.15) is 0 Å². The zero-order valence-corrected chi connectivity index (χ0v) is 10.8. The summed E-state index contributed by atoms with van der Waals surface area (Å²) in [6, 6.07) is 6.15. The number of amides is 1. The van der Waals surface area contributed by atoms with Crippen molar-refractivity contribution < 1.29 is 9.18 Å². The molecule has 1 aromatic carbocycles. The van der Waals surface area contributed by atoms with E-state index in [-0.39, 0.29) is 17.8 Å². The molecular formula is C14H19FN2O. The maximum absolute atomic E-state index is 13.7. The van der Waals surface area contributed by atoms with E-state index in [0.29, 0.717) is 11.6 Å². The molecule has 1 N–H and O–H groups in total. The molecule has 1 fully saturated rings. The molecule has 1 aliphatic heterocycles. The number of carbonyl (C=O) groups excluding carboxylic acids is 1. The van der Waals surface area contributed by atoms with Crippen molar-refractivity contribution >= 4 is 11.6 Å². The van der Waals surface area contributed by atoms with E-state index in [1.165, 1.54) is 11.0 Å². The maximum atomic E-state index is 13.7. The van der Waals surface area contributed by atoms with Crippen LogP contribution >= 0.6 is 0 Å². The lowest BCUT2D eigenvalue weighted by atomic mass is 9.92. The second kappa shape index (κ2) is 5.48. The van der Waals surface area contributed by atoms with Crippen molar-refractivity contribution in [1.29, 1.82) is 0 Å². The van der Waals surface area contributed by atoms with Gasteiger partial charge in [0.15, 0.2) is 0 Å². The molecule has 4 heteroatoms. The van der Waals surface area contributed by atoms with Gasteiger partial charge in [-0.25, -0.2) is 4.39 Å². The van der Waals surface area contributed by atoms with E-state index in [1.54, 1.807) is 25.2 Å². The molecule has 0 bridgehead atoms. The van der Waals surface area contributed by atoms with Gasteiger partial charge in [-0.3, -0.25) is 4.79 Å². The number of halogens is 1. The molecule has 3 nitrogen and oxygen atoms in total. The summed E-state index contributed by atoms with van der Waals surface area (Å²) in [6.07, 6.45) is 2.13. The highest BCUT2D eigenvalue weighted by Gasteiger charge is 2.30. The monoisotopic (exact) mass is 250 g/mol. The summed E-state index contributed by atoms with van der Waals surface area (Å²) < 4.78 is 13.7. The summed E-state index contributed by atoms with van der Waals surface area (Å²) in [4.78, 5) is 13.8. The Kier molecular flexibility index (Phi) is 3.97. The van der Waals surface area contributed by atoms with E-state index in [0.717, 1.165) is 19.4 Å². The Morgan fingerprint density at radius 2 is 2.17 bits per heavy atom. The first-order chi connectivity index (χ1) is 8.61. The molecule has 2 unspecified atom stereocenters. The normalized spacial score (nSPS) is 23.7. The van der Waals surface area contributed by atoms with Crippen molar-refractivity contribution in [1.82, 2.24) is 5.32 Å². The van der Waals surface area contributed by atoms with E-state index in [2.05, 4.69) is 12.2 Å². The SMILES string of the molecule is CC1CCCNC1C(=O)N(C)c1ccccc1F. The predicted molar refractivity (Wildman–Crippen MR) is 70.0 cm³/mol. The van der Waals surface area contributed by atoms with Gasteiger partial charge < -0.3 is 10.2 Å². The average Bonchev–Trinajstić information content (AvgIpc) is 2.38. The van der Waals surface area contributed by atoms with E-state index < -0.39 is 0 Å². The average molecular weight is 250 g/mol. The standard InChI is InChI=1S/C14H19FN2O/c1-10-6-5-9-16-13(10)14(18)17(2)12-8-4-3-7-11(12)15/h3-4,7-8,10,13,16H,5-6,9H2,1-2H3. The molecular weight excluding hydrogens is 231 g/mol. The number of carbonyl (C=O) groups is 1. The lowest BCUT2D eigenvalue weighted by Crippen LogP contribution is -2.51. The van der Waals surface area contributed by atoms with Gasteiger partial charge in [0.25, 0.3) is 0 Å². The highest BCUT2D eigenvalue weighted by atomic mass is 19.1. The molecule has 1 saturated heterocycles. The van der Waals surface area contributed by atoms with E-state index in [4.69, 9.17) is 0 Å². The first-order valence-electron chi connectivity index (χ1n) is 6.36. The van der Waals surface area contributed by atoms with Crippen molar-refractivity contribution in [3.8, 4) is 0 Å². The third-order valence-corrected chi connectivity index (χ3v) is 3.58. The fraction of sp³-hybridized carbons (Fsp3) is 0.500. The summed E-state index contributed by atoms with van der Waals surface area (Å²) >= 11 is 0. The Bertz CT molecular complexity index is 436. The van der Waals surface area contributed by atoms with Crippen LogP contribution in [0.3, 0.4) is 0 Å². The second-order valence-electron chi connectivity index (χ2n) is 4.90. The highest BCUT2D eigenvalue weighted by molar-refractivity contribution is 5.97. The van der Waals surface area contributed by atoms with Gasteiger partial charge in [0, 0.05) is 7.05 Å². The van der Waals surface area contributed by atoms with Crippen molar-refractivity contribution in [2.24, 2.45) is 5.92 Å². The smallest absolute Gasteiger partial charge is 0.244 e. The number of nitrogens with one attached hydrogen (secondary N) is 1. The molecule has 2 atom stereocenters. The number of rotatable bonds is 2. The molecule has 0 saturated carbocycles. The fourth-order valence-corrected chi connectivity index (χ4v) is 2.43. The third kappa shape index (κ3) is 2.53. The molecule has 98 valence electrons. The number of hydrogen-bond donors (Lipinski definition) is 1. The summed E-state index contributed by atoms with van der Waals surface area (Å²) in [5.41, 5.74) is 0.335. The lowest BCUT2D eigenvalue weighted by molar-refractivity contribution is -0.122. The summed E-state index contributed by atoms with van der Waals surface area (Å²) in [6.45, 7) is 2.91. The van der Waals surface area contributed by atoms with Crippen LogP contribution in [0.25, 0.3) is 0 Å². The van der Waals surface area contributed by atoms with Gasteiger partial charge in [0.2, 0.25) is 5.91 Å². The van der Waals surface area contributed by atoms with Gasteiger partial charge >= 0.3 is 0 Å².